The van der Waals surface area contributed by atoms with Crippen LogP contribution < -0.4 is 4.90 Å². The van der Waals surface area contributed by atoms with Crippen LogP contribution in [-0.2, 0) is 14.3 Å². The van der Waals surface area contributed by atoms with Crippen LogP contribution in [0.1, 0.15) is 51.5 Å². The quantitative estimate of drug-likeness (QED) is 0.230. The molecule has 182 valence electrons. The van der Waals surface area contributed by atoms with E-state index in [0.717, 1.165) is 10.9 Å². The van der Waals surface area contributed by atoms with Gasteiger partial charge in [0.05, 0.1) is 23.1 Å². The molecule has 0 bridgehead atoms. The molecular formula is C29H24BrNO5. The third-order valence-corrected chi connectivity index (χ3v) is 7.57. The number of carbonyl (C=O) groups is 4. The van der Waals surface area contributed by atoms with Crippen LogP contribution in [0.4, 0.5) is 5.69 Å². The number of halogens is 1. The second-order valence-corrected chi connectivity index (χ2v) is 10.1. The number of benzene rings is 3. The van der Waals surface area contributed by atoms with E-state index in [1.54, 1.807) is 42.5 Å². The summed E-state index contributed by atoms with van der Waals surface area (Å²) in [6.45, 7) is -0.405. The average molecular weight is 546 g/mol. The Balaban J connectivity index is 1.28. The molecule has 6 nitrogen and oxygen atoms in total. The molecule has 5 rings (SSSR count). The monoisotopic (exact) mass is 545 g/mol. The summed E-state index contributed by atoms with van der Waals surface area (Å²) in [6, 6.07) is 23.1. The van der Waals surface area contributed by atoms with Gasteiger partial charge in [0, 0.05) is 10.0 Å². The van der Waals surface area contributed by atoms with Crippen LogP contribution in [0, 0.1) is 11.8 Å². The summed E-state index contributed by atoms with van der Waals surface area (Å²) in [5, 5.41) is 0. The molecule has 2 fully saturated rings. The zero-order valence-electron chi connectivity index (χ0n) is 19.4. The highest BCUT2D eigenvalue weighted by molar-refractivity contribution is 9.10. The van der Waals surface area contributed by atoms with E-state index in [-0.39, 0.29) is 40.9 Å². The number of ketones is 1. The molecule has 2 aliphatic rings. The Hall–Kier alpha value is -3.58. The number of fused-ring (bicyclic) bond motifs is 1. The van der Waals surface area contributed by atoms with E-state index in [4.69, 9.17) is 4.74 Å². The number of imide groups is 1. The fourth-order valence-electron chi connectivity index (χ4n) is 5.17. The lowest BCUT2D eigenvalue weighted by molar-refractivity contribution is -0.122. The zero-order valence-corrected chi connectivity index (χ0v) is 21.0. The number of hydrogen-bond acceptors (Lipinski definition) is 5. The number of anilines is 1. The molecule has 0 spiro atoms. The van der Waals surface area contributed by atoms with Gasteiger partial charge in [-0.05, 0) is 61.1 Å². The smallest absolute Gasteiger partial charge is 0.338 e. The number of hydrogen-bond donors (Lipinski definition) is 0. The minimum Gasteiger partial charge on any atom is -0.454 e. The largest absolute Gasteiger partial charge is 0.454 e. The van der Waals surface area contributed by atoms with Crippen molar-refractivity contribution in [1.29, 1.82) is 0 Å². The molecule has 3 aromatic carbocycles. The summed E-state index contributed by atoms with van der Waals surface area (Å²) < 4.78 is 6.06. The molecule has 0 radical (unpaired) electrons. The van der Waals surface area contributed by atoms with Gasteiger partial charge in [-0.15, -0.1) is 0 Å². The maximum atomic E-state index is 13.3. The van der Waals surface area contributed by atoms with Crippen molar-refractivity contribution in [2.75, 3.05) is 11.5 Å². The minimum atomic E-state index is -0.692. The third kappa shape index (κ3) is 4.75. The first kappa shape index (κ1) is 24.1. The maximum absolute atomic E-state index is 13.3. The fraction of sp³-hybridized carbons (Fsp3) is 0.241. The van der Waals surface area contributed by atoms with Crippen molar-refractivity contribution >= 4 is 45.2 Å². The van der Waals surface area contributed by atoms with Gasteiger partial charge in [-0.25, -0.2) is 4.79 Å². The van der Waals surface area contributed by atoms with Crippen molar-refractivity contribution < 1.29 is 23.9 Å². The first-order valence-corrected chi connectivity index (χ1v) is 12.7. The highest BCUT2D eigenvalue weighted by Gasteiger charge is 2.50. The lowest BCUT2D eigenvalue weighted by Gasteiger charge is -2.28. The van der Waals surface area contributed by atoms with Crippen molar-refractivity contribution in [3.63, 3.8) is 0 Å². The first-order chi connectivity index (χ1) is 17.4. The van der Waals surface area contributed by atoms with E-state index in [1.165, 1.54) is 16.5 Å². The van der Waals surface area contributed by atoms with Gasteiger partial charge in [0.1, 0.15) is 0 Å². The summed E-state index contributed by atoms with van der Waals surface area (Å²) in [5.74, 6) is -1.91. The Morgan fingerprint density at radius 2 is 1.56 bits per heavy atom. The number of nitrogens with zero attached hydrogens (tertiary/aromatic N) is 1. The van der Waals surface area contributed by atoms with Crippen molar-refractivity contribution in [3.05, 3.63) is 100 Å². The van der Waals surface area contributed by atoms with E-state index in [9.17, 15) is 19.2 Å². The molecular weight excluding hydrogens is 522 g/mol. The number of rotatable bonds is 6. The summed E-state index contributed by atoms with van der Waals surface area (Å²) in [6.07, 6.45) is 2.15. The lowest BCUT2D eigenvalue weighted by atomic mass is 9.73. The van der Waals surface area contributed by atoms with Crippen LogP contribution >= 0.6 is 15.9 Å². The second-order valence-electron chi connectivity index (χ2n) is 9.20. The number of carbonyl (C=O) groups excluding carboxylic acids is 4. The summed E-state index contributed by atoms with van der Waals surface area (Å²) >= 11 is 3.32. The molecule has 3 atom stereocenters. The Kier molecular flexibility index (Phi) is 6.83. The maximum Gasteiger partial charge on any atom is 0.338 e. The summed E-state index contributed by atoms with van der Waals surface area (Å²) in [5.41, 5.74) is 2.15. The number of amides is 2. The molecule has 0 aromatic heterocycles. The van der Waals surface area contributed by atoms with Gasteiger partial charge >= 0.3 is 5.97 Å². The van der Waals surface area contributed by atoms with Gasteiger partial charge in [-0.1, -0.05) is 64.5 Å². The highest BCUT2D eigenvalue weighted by Crippen LogP contribution is 2.45. The van der Waals surface area contributed by atoms with Gasteiger partial charge in [0.15, 0.2) is 12.4 Å². The molecule has 1 saturated carbocycles. The Bertz CT molecular complexity index is 1320. The van der Waals surface area contributed by atoms with Crippen molar-refractivity contribution in [2.24, 2.45) is 11.8 Å². The van der Waals surface area contributed by atoms with Crippen LogP contribution in [0.5, 0.6) is 0 Å². The van der Waals surface area contributed by atoms with Gasteiger partial charge in [-0.2, -0.15) is 0 Å². The SMILES string of the molecule is O=C(COC(=O)c1cccc(N2C(=O)[C@H]3CC[C@@H](c4ccccc4)C[C@@H]3C2=O)c1)c1ccc(Br)cc1. The first-order valence-electron chi connectivity index (χ1n) is 11.9. The lowest BCUT2D eigenvalue weighted by Crippen LogP contribution is -2.31. The van der Waals surface area contributed by atoms with Crippen molar-refractivity contribution in [2.45, 2.75) is 25.2 Å². The highest BCUT2D eigenvalue weighted by atomic mass is 79.9. The van der Waals surface area contributed by atoms with Crippen LogP contribution in [0.15, 0.2) is 83.3 Å². The summed E-state index contributed by atoms with van der Waals surface area (Å²) in [4.78, 5) is 52.8. The molecule has 0 N–H and O–H groups in total. The number of esters is 1. The van der Waals surface area contributed by atoms with Gasteiger partial charge < -0.3 is 4.74 Å². The van der Waals surface area contributed by atoms with E-state index in [1.807, 2.05) is 18.2 Å². The normalized spacial score (nSPS) is 21.2. The van der Waals surface area contributed by atoms with E-state index in [2.05, 4.69) is 28.1 Å². The predicted molar refractivity (Wildman–Crippen MR) is 138 cm³/mol. The molecule has 1 aliphatic heterocycles. The minimum absolute atomic E-state index is 0.175. The molecule has 1 aliphatic carbocycles. The Morgan fingerprint density at radius 3 is 2.31 bits per heavy atom. The number of ether oxygens (including phenoxy) is 1. The predicted octanol–water partition coefficient (Wildman–Crippen LogP) is 5.56. The van der Waals surface area contributed by atoms with Crippen LogP contribution in [-0.4, -0.2) is 30.2 Å². The average Bonchev–Trinajstić information content (AvgIpc) is 3.17. The van der Waals surface area contributed by atoms with Gasteiger partial charge in [0.2, 0.25) is 11.8 Å². The molecule has 2 amide bonds. The Labute approximate surface area is 217 Å². The van der Waals surface area contributed by atoms with Crippen molar-refractivity contribution in [3.8, 4) is 0 Å². The summed E-state index contributed by atoms with van der Waals surface area (Å²) in [7, 11) is 0. The zero-order chi connectivity index (χ0) is 25.2. The van der Waals surface area contributed by atoms with E-state index in [0.29, 0.717) is 24.1 Å². The second kappa shape index (κ2) is 10.2. The Morgan fingerprint density at radius 1 is 0.833 bits per heavy atom. The fourth-order valence-corrected chi connectivity index (χ4v) is 5.43. The van der Waals surface area contributed by atoms with E-state index >= 15 is 0 Å². The third-order valence-electron chi connectivity index (χ3n) is 7.04. The van der Waals surface area contributed by atoms with Crippen molar-refractivity contribution in [1.82, 2.24) is 0 Å². The topological polar surface area (TPSA) is 80.8 Å². The molecule has 36 heavy (non-hydrogen) atoms. The number of Topliss-reactive ketones (excluding diaryl/α,β-unsaturated/α-hetero) is 1. The molecule has 1 saturated heterocycles. The molecule has 1 heterocycles. The standard InChI is InChI=1S/C29H24BrNO5/c30-22-12-9-19(10-13-22)26(32)17-36-29(35)21-7-4-8-23(15-21)31-27(33)24-14-11-20(16-25(24)28(31)34)18-5-2-1-3-6-18/h1-10,12-13,15,20,24-25H,11,14,16-17H2/t20-,24+,25+/m1/s1. The van der Waals surface area contributed by atoms with Crippen LogP contribution in [0.25, 0.3) is 0 Å². The molecule has 3 aromatic rings. The van der Waals surface area contributed by atoms with E-state index < -0.39 is 12.6 Å². The molecule has 7 heteroatoms. The van der Waals surface area contributed by atoms with Crippen LogP contribution in [0.3, 0.4) is 0 Å². The van der Waals surface area contributed by atoms with Crippen LogP contribution in [0.2, 0.25) is 0 Å². The van der Waals surface area contributed by atoms with Gasteiger partial charge in [0.25, 0.3) is 0 Å². The van der Waals surface area contributed by atoms with Gasteiger partial charge in [-0.3, -0.25) is 19.3 Å². The molecule has 0 unspecified atom stereocenters.